The Morgan fingerprint density at radius 1 is 0.571 bits per heavy atom. The van der Waals surface area contributed by atoms with Gasteiger partial charge in [-0.1, -0.05) is 164 Å². The standard InChI is InChI=1S/C57H44N2O4/c60-50(62-40-19-3-1-4-20-40)33-56(44-29-27-36-15-7-11-23-42(36)52(44)54-46(56)31-38-17-9-13-25-48(38)58-54)35-57(34-51(61)63-41-21-5-2-6-22-41)45-30-28-37-16-8-12-24-43(37)53(45)55-47(57)32-39-18-10-14-26-49(39)59-55/h1-31,39,48-49,58-59H,32-35H2. The number of esters is 2. The minimum Gasteiger partial charge on any atom is -0.426 e. The van der Waals surface area contributed by atoms with Crippen molar-refractivity contribution in [2.24, 2.45) is 5.92 Å². The highest BCUT2D eigenvalue weighted by Crippen LogP contribution is 2.64. The fraction of sp³-hybridized carbons (Fsp3) is 0.158. The Morgan fingerprint density at radius 2 is 1.14 bits per heavy atom. The van der Waals surface area contributed by atoms with E-state index in [2.05, 4.69) is 138 Å². The van der Waals surface area contributed by atoms with Crippen LogP contribution in [0.15, 0.2) is 205 Å². The number of ether oxygens (including phenoxy) is 2. The van der Waals surface area contributed by atoms with Crippen LogP contribution in [0.2, 0.25) is 0 Å². The van der Waals surface area contributed by atoms with Crippen molar-refractivity contribution in [1.82, 2.24) is 10.6 Å². The molecule has 0 aromatic heterocycles. The van der Waals surface area contributed by atoms with Crippen LogP contribution in [0.4, 0.5) is 0 Å². The second-order valence-electron chi connectivity index (χ2n) is 17.6. The molecule has 0 bridgehead atoms. The summed E-state index contributed by atoms with van der Waals surface area (Å²) in [7, 11) is 0. The molecule has 12 rings (SSSR count). The Balaban J connectivity index is 1.14. The van der Waals surface area contributed by atoms with Crippen LogP contribution >= 0.6 is 0 Å². The smallest absolute Gasteiger partial charge is 0.312 e. The van der Waals surface area contributed by atoms with Crippen molar-refractivity contribution in [3.63, 3.8) is 0 Å². The number of rotatable bonds is 8. The van der Waals surface area contributed by atoms with Gasteiger partial charge in [-0.2, -0.15) is 0 Å². The van der Waals surface area contributed by atoms with Crippen molar-refractivity contribution in [1.29, 1.82) is 0 Å². The number of allylic oxidation sites excluding steroid dienone is 7. The maximum absolute atomic E-state index is 15.0. The third-order valence-electron chi connectivity index (χ3n) is 14.2. The van der Waals surface area contributed by atoms with Crippen molar-refractivity contribution in [3.05, 3.63) is 227 Å². The highest BCUT2D eigenvalue weighted by molar-refractivity contribution is 6.03. The molecular weight excluding hydrogens is 777 g/mol. The third kappa shape index (κ3) is 6.00. The van der Waals surface area contributed by atoms with E-state index in [-0.39, 0.29) is 42.8 Å². The third-order valence-corrected chi connectivity index (χ3v) is 14.2. The quantitative estimate of drug-likeness (QED) is 0.118. The zero-order valence-electron chi connectivity index (χ0n) is 34.6. The number of benzene rings is 6. The van der Waals surface area contributed by atoms with Crippen LogP contribution in [-0.2, 0) is 20.4 Å². The normalized spacial score (nSPS) is 24.4. The average Bonchev–Trinajstić information content (AvgIpc) is 3.72. The minimum absolute atomic E-state index is 0.0326. The molecule has 63 heavy (non-hydrogen) atoms. The summed E-state index contributed by atoms with van der Waals surface area (Å²) in [5, 5.41) is 12.5. The first kappa shape index (κ1) is 37.3. The van der Waals surface area contributed by atoms with Gasteiger partial charge in [0.25, 0.3) is 0 Å². The van der Waals surface area contributed by atoms with Gasteiger partial charge < -0.3 is 20.1 Å². The lowest BCUT2D eigenvalue weighted by Crippen LogP contribution is -2.45. The van der Waals surface area contributed by atoms with Gasteiger partial charge in [-0.05, 0) is 86.5 Å². The van der Waals surface area contributed by atoms with E-state index in [1.807, 2.05) is 60.7 Å². The van der Waals surface area contributed by atoms with Gasteiger partial charge in [0.15, 0.2) is 0 Å². The number of nitrogens with one attached hydrogen (secondary N) is 2. The molecule has 5 atom stereocenters. The summed E-state index contributed by atoms with van der Waals surface area (Å²) in [4.78, 5) is 30.0. The molecule has 4 aliphatic carbocycles. The Kier molecular flexibility index (Phi) is 8.65. The molecule has 0 fully saturated rings. The molecule has 6 aromatic carbocycles. The molecule has 6 aliphatic rings. The molecule has 2 N–H and O–H groups in total. The summed E-state index contributed by atoms with van der Waals surface area (Å²) in [5.41, 5.74) is 7.81. The topological polar surface area (TPSA) is 76.7 Å². The van der Waals surface area contributed by atoms with E-state index in [1.165, 1.54) is 5.57 Å². The fourth-order valence-electron chi connectivity index (χ4n) is 11.6. The molecule has 306 valence electrons. The second kappa shape index (κ2) is 14.6. The minimum atomic E-state index is -0.974. The van der Waals surface area contributed by atoms with E-state index in [4.69, 9.17) is 9.47 Å². The number of hydrogen-bond donors (Lipinski definition) is 2. The first-order valence-corrected chi connectivity index (χ1v) is 22.0. The largest absolute Gasteiger partial charge is 0.426 e. The molecule has 2 aliphatic heterocycles. The van der Waals surface area contributed by atoms with Crippen molar-refractivity contribution >= 4 is 44.9 Å². The summed E-state index contributed by atoms with van der Waals surface area (Å²) < 4.78 is 12.6. The molecule has 6 heteroatoms. The molecule has 0 amide bonds. The number of carbonyl (C=O) groups excluding carboxylic acids is 2. The van der Waals surface area contributed by atoms with Gasteiger partial charge in [0, 0.05) is 39.3 Å². The van der Waals surface area contributed by atoms with E-state index in [0.29, 0.717) is 17.9 Å². The number of dihydropyridines is 1. The molecule has 0 saturated carbocycles. The first-order valence-electron chi connectivity index (χ1n) is 22.0. The zero-order chi connectivity index (χ0) is 42.1. The van der Waals surface area contributed by atoms with Crippen LogP contribution in [0, 0.1) is 5.92 Å². The zero-order valence-corrected chi connectivity index (χ0v) is 34.6. The molecule has 6 aromatic rings. The Morgan fingerprint density at radius 3 is 1.83 bits per heavy atom. The van der Waals surface area contributed by atoms with Crippen LogP contribution in [0.5, 0.6) is 11.5 Å². The Bertz CT molecular complexity index is 3130. The molecule has 0 radical (unpaired) electrons. The van der Waals surface area contributed by atoms with Gasteiger partial charge in [-0.15, -0.1) is 0 Å². The van der Waals surface area contributed by atoms with E-state index < -0.39 is 10.8 Å². The highest BCUT2D eigenvalue weighted by atomic mass is 16.5. The lowest BCUT2D eigenvalue weighted by molar-refractivity contribution is -0.135. The van der Waals surface area contributed by atoms with E-state index in [0.717, 1.165) is 72.8 Å². The molecule has 2 heterocycles. The second-order valence-corrected chi connectivity index (χ2v) is 17.6. The van der Waals surface area contributed by atoms with E-state index >= 15 is 4.79 Å². The summed E-state index contributed by atoms with van der Waals surface area (Å²) >= 11 is 0. The molecular formula is C57H44N2O4. The lowest BCUT2D eigenvalue weighted by Gasteiger charge is -2.45. The number of fused-ring (bicyclic) bond motifs is 10. The highest BCUT2D eigenvalue weighted by Gasteiger charge is 2.58. The van der Waals surface area contributed by atoms with E-state index in [1.54, 1.807) is 0 Å². The van der Waals surface area contributed by atoms with Gasteiger partial charge in [0.2, 0.25) is 0 Å². The van der Waals surface area contributed by atoms with Crippen LogP contribution in [0.25, 0.3) is 32.9 Å². The molecule has 0 saturated heterocycles. The Labute approximate surface area is 366 Å². The van der Waals surface area contributed by atoms with Crippen LogP contribution in [0.1, 0.15) is 47.9 Å². The van der Waals surface area contributed by atoms with Gasteiger partial charge in [0.05, 0.1) is 24.9 Å². The maximum atomic E-state index is 15.0. The summed E-state index contributed by atoms with van der Waals surface area (Å²) in [6.45, 7) is 0. The predicted molar refractivity (Wildman–Crippen MR) is 250 cm³/mol. The average molecular weight is 821 g/mol. The van der Waals surface area contributed by atoms with Gasteiger partial charge in [-0.3, -0.25) is 9.59 Å². The number of para-hydroxylation sites is 2. The van der Waals surface area contributed by atoms with E-state index in [9.17, 15) is 4.79 Å². The van der Waals surface area contributed by atoms with Crippen molar-refractivity contribution in [2.45, 2.75) is 48.6 Å². The maximum Gasteiger partial charge on any atom is 0.312 e. The first-order chi connectivity index (χ1) is 31.0. The monoisotopic (exact) mass is 820 g/mol. The van der Waals surface area contributed by atoms with Crippen molar-refractivity contribution in [3.8, 4) is 11.5 Å². The molecule has 6 nitrogen and oxygen atoms in total. The Hall–Kier alpha value is -7.44. The number of hydrogen-bond acceptors (Lipinski definition) is 6. The van der Waals surface area contributed by atoms with Crippen LogP contribution in [0.3, 0.4) is 0 Å². The fourth-order valence-corrected chi connectivity index (χ4v) is 11.6. The summed E-state index contributed by atoms with van der Waals surface area (Å²) in [5.74, 6) is 0.477. The summed E-state index contributed by atoms with van der Waals surface area (Å²) in [6.07, 6.45) is 20.8. The van der Waals surface area contributed by atoms with Gasteiger partial charge in [0.1, 0.15) is 11.5 Å². The number of carbonyl (C=O) groups is 2. The SMILES string of the molecule is O=C(CC1(CC2(CC(=O)Oc3ccccc3)C3=C(NC4C=CC=CC4C3)c3c2ccc2ccccc32)C2=C(NC3C=CC=CC3=C2)c2c1ccc1ccccc21)Oc1ccccc1. The molecule has 0 spiro atoms. The van der Waals surface area contributed by atoms with Crippen LogP contribution in [-0.4, -0.2) is 24.0 Å². The van der Waals surface area contributed by atoms with Crippen molar-refractivity contribution in [2.75, 3.05) is 0 Å². The van der Waals surface area contributed by atoms with Gasteiger partial charge >= 0.3 is 11.9 Å². The predicted octanol–water partition coefficient (Wildman–Crippen LogP) is 11.1. The van der Waals surface area contributed by atoms with Gasteiger partial charge in [-0.25, -0.2) is 0 Å². The van der Waals surface area contributed by atoms with Crippen LogP contribution < -0.4 is 20.1 Å². The summed E-state index contributed by atoms with van der Waals surface area (Å²) in [6, 6.07) is 44.6. The molecule has 5 unspecified atom stereocenters. The van der Waals surface area contributed by atoms with Crippen molar-refractivity contribution < 1.29 is 19.1 Å². The lowest BCUT2D eigenvalue weighted by atomic mass is 9.58.